The highest BCUT2D eigenvalue weighted by Crippen LogP contribution is 2.35. The predicted octanol–water partition coefficient (Wildman–Crippen LogP) is 4.35. The van der Waals surface area contributed by atoms with Crippen molar-refractivity contribution in [3.8, 4) is 11.5 Å². The molecule has 204 valence electrons. The van der Waals surface area contributed by atoms with Crippen molar-refractivity contribution in [3.05, 3.63) is 53.6 Å². The maximum absolute atomic E-state index is 6.62. The van der Waals surface area contributed by atoms with Gasteiger partial charge in [0.15, 0.2) is 0 Å². The number of benzene rings is 2. The molecule has 0 aromatic heterocycles. The molecule has 0 aliphatic carbocycles. The molecule has 0 amide bonds. The fraction of sp³-hybridized carbons (Fsp3) is 0.600. The highest BCUT2D eigenvalue weighted by molar-refractivity contribution is 5.61. The smallest absolute Gasteiger partial charge is 0.142 e. The van der Waals surface area contributed by atoms with Gasteiger partial charge >= 0.3 is 0 Å². The van der Waals surface area contributed by atoms with Crippen LogP contribution in [0.4, 0.5) is 5.69 Å². The Hall–Kier alpha value is -2.32. The third-order valence-corrected chi connectivity index (χ3v) is 7.41. The standard InChI is InChI=1S/C30H45N3O4/c1-22(2)31-13-12-25-19-27(24-7-9-26(35-4)10-8-24)30(20-32-25)37-21-23-6-11-29-28(18-23)33(15-17-36-29)14-5-16-34-3/h6-11,18,22,25,27,30-32H,5,12-17,19-21H2,1-4H3/t25-,27?,30+/m1/s1. The molecular weight excluding hydrogens is 466 g/mol. The number of hydrogen-bond acceptors (Lipinski definition) is 7. The topological polar surface area (TPSA) is 64.2 Å². The molecule has 1 saturated heterocycles. The van der Waals surface area contributed by atoms with Crippen molar-refractivity contribution >= 4 is 5.69 Å². The number of hydrogen-bond donors (Lipinski definition) is 2. The second-order valence-electron chi connectivity index (χ2n) is 10.5. The predicted molar refractivity (Wildman–Crippen MR) is 149 cm³/mol. The molecule has 1 fully saturated rings. The Bertz CT molecular complexity index is 952. The number of nitrogens with zero attached hydrogens (tertiary/aromatic N) is 1. The van der Waals surface area contributed by atoms with Crippen LogP contribution in [0.15, 0.2) is 42.5 Å². The van der Waals surface area contributed by atoms with E-state index < -0.39 is 0 Å². The molecule has 4 rings (SSSR count). The molecule has 2 heterocycles. The zero-order chi connectivity index (χ0) is 26.0. The van der Waals surface area contributed by atoms with Crippen LogP contribution in [0.2, 0.25) is 0 Å². The molecule has 2 N–H and O–H groups in total. The molecule has 2 aromatic rings. The van der Waals surface area contributed by atoms with Crippen LogP contribution in [0.25, 0.3) is 0 Å². The number of piperidine rings is 1. The second kappa shape index (κ2) is 14.0. The van der Waals surface area contributed by atoms with Crippen LogP contribution >= 0.6 is 0 Å². The van der Waals surface area contributed by atoms with E-state index in [4.69, 9.17) is 18.9 Å². The van der Waals surface area contributed by atoms with Crippen LogP contribution in [-0.4, -0.2) is 71.8 Å². The summed E-state index contributed by atoms with van der Waals surface area (Å²) in [6, 6.07) is 16.0. The van der Waals surface area contributed by atoms with E-state index in [1.165, 1.54) is 11.1 Å². The van der Waals surface area contributed by atoms with Crippen molar-refractivity contribution in [2.24, 2.45) is 0 Å². The van der Waals surface area contributed by atoms with Crippen LogP contribution in [0.5, 0.6) is 11.5 Å². The lowest BCUT2D eigenvalue weighted by molar-refractivity contribution is 0.00226. The highest BCUT2D eigenvalue weighted by atomic mass is 16.5. The molecule has 0 bridgehead atoms. The largest absolute Gasteiger partial charge is 0.497 e. The number of nitrogens with one attached hydrogen (secondary N) is 2. The van der Waals surface area contributed by atoms with E-state index in [2.05, 4.69) is 71.8 Å². The van der Waals surface area contributed by atoms with Crippen LogP contribution in [-0.2, 0) is 16.1 Å². The first-order chi connectivity index (χ1) is 18.1. The molecule has 0 radical (unpaired) electrons. The van der Waals surface area contributed by atoms with Gasteiger partial charge in [0.05, 0.1) is 32.1 Å². The van der Waals surface area contributed by atoms with Crippen molar-refractivity contribution < 1.29 is 18.9 Å². The molecular formula is C30H45N3O4. The Morgan fingerprint density at radius 1 is 1.14 bits per heavy atom. The molecule has 7 nitrogen and oxygen atoms in total. The van der Waals surface area contributed by atoms with Gasteiger partial charge in [-0.25, -0.2) is 0 Å². The SMILES string of the molecule is COCCCN1CCOc2ccc(CO[C@H]3CN[C@H](CCNC(C)C)CC3c3ccc(OC)cc3)cc21. The lowest BCUT2D eigenvalue weighted by Crippen LogP contribution is -2.48. The molecule has 0 saturated carbocycles. The zero-order valence-electron chi connectivity index (χ0n) is 23.0. The van der Waals surface area contributed by atoms with Gasteiger partial charge in [0, 0.05) is 44.8 Å². The van der Waals surface area contributed by atoms with Gasteiger partial charge in [-0.05, 0) is 61.2 Å². The van der Waals surface area contributed by atoms with E-state index in [1.807, 2.05) is 0 Å². The van der Waals surface area contributed by atoms with Gasteiger partial charge in [0.2, 0.25) is 0 Å². The Balaban J connectivity index is 1.42. The molecule has 37 heavy (non-hydrogen) atoms. The van der Waals surface area contributed by atoms with Gasteiger partial charge in [-0.3, -0.25) is 0 Å². The number of anilines is 1. The first kappa shape index (κ1) is 27.7. The lowest BCUT2D eigenvalue weighted by Gasteiger charge is -2.38. The van der Waals surface area contributed by atoms with Crippen molar-refractivity contribution in [2.45, 2.75) is 63.8 Å². The van der Waals surface area contributed by atoms with Crippen molar-refractivity contribution in [2.75, 3.05) is 58.5 Å². The minimum absolute atomic E-state index is 0.104. The van der Waals surface area contributed by atoms with Gasteiger partial charge in [-0.2, -0.15) is 0 Å². The average Bonchev–Trinajstić information content (AvgIpc) is 2.92. The lowest BCUT2D eigenvalue weighted by atomic mass is 9.83. The summed E-state index contributed by atoms with van der Waals surface area (Å²) < 4.78 is 23.2. The van der Waals surface area contributed by atoms with Gasteiger partial charge < -0.3 is 34.5 Å². The van der Waals surface area contributed by atoms with E-state index >= 15 is 0 Å². The number of ether oxygens (including phenoxy) is 4. The van der Waals surface area contributed by atoms with E-state index in [0.29, 0.717) is 24.6 Å². The minimum Gasteiger partial charge on any atom is -0.497 e. The quantitative estimate of drug-likeness (QED) is 0.388. The minimum atomic E-state index is 0.104. The number of methoxy groups -OCH3 is 2. The molecule has 2 aromatic carbocycles. The van der Waals surface area contributed by atoms with E-state index in [0.717, 1.165) is 75.8 Å². The van der Waals surface area contributed by atoms with E-state index in [1.54, 1.807) is 14.2 Å². The summed E-state index contributed by atoms with van der Waals surface area (Å²) in [5.74, 6) is 2.18. The number of rotatable bonds is 13. The fourth-order valence-electron chi connectivity index (χ4n) is 5.35. The van der Waals surface area contributed by atoms with Crippen LogP contribution in [0.3, 0.4) is 0 Å². The van der Waals surface area contributed by atoms with Crippen LogP contribution in [0, 0.1) is 0 Å². The molecule has 2 aliphatic heterocycles. The summed E-state index contributed by atoms with van der Waals surface area (Å²) in [4.78, 5) is 2.40. The van der Waals surface area contributed by atoms with Crippen molar-refractivity contribution in [3.63, 3.8) is 0 Å². The first-order valence-electron chi connectivity index (χ1n) is 13.8. The maximum Gasteiger partial charge on any atom is 0.142 e. The summed E-state index contributed by atoms with van der Waals surface area (Å²) in [5.41, 5.74) is 3.66. The monoisotopic (exact) mass is 511 g/mol. The summed E-state index contributed by atoms with van der Waals surface area (Å²) >= 11 is 0. The summed E-state index contributed by atoms with van der Waals surface area (Å²) in [7, 11) is 3.47. The van der Waals surface area contributed by atoms with Crippen LogP contribution in [0.1, 0.15) is 50.2 Å². The first-order valence-corrected chi connectivity index (χ1v) is 13.8. The maximum atomic E-state index is 6.62. The highest BCUT2D eigenvalue weighted by Gasteiger charge is 2.32. The Morgan fingerprint density at radius 2 is 1.97 bits per heavy atom. The summed E-state index contributed by atoms with van der Waals surface area (Å²) in [5, 5.41) is 7.31. The third kappa shape index (κ3) is 7.84. The van der Waals surface area contributed by atoms with Gasteiger partial charge in [0.25, 0.3) is 0 Å². The molecule has 2 aliphatic rings. The summed E-state index contributed by atoms with van der Waals surface area (Å²) in [6.07, 6.45) is 3.28. The zero-order valence-corrected chi connectivity index (χ0v) is 23.0. The van der Waals surface area contributed by atoms with Gasteiger partial charge in [-0.1, -0.05) is 32.0 Å². The Morgan fingerprint density at radius 3 is 2.73 bits per heavy atom. The average molecular weight is 512 g/mol. The normalized spacial score (nSPS) is 21.5. The van der Waals surface area contributed by atoms with Crippen molar-refractivity contribution in [1.82, 2.24) is 10.6 Å². The molecule has 0 spiro atoms. The van der Waals surface area contributed by atoms with Gasteiger partial charge in [-0.15, -0.1) is 0 Å². The molecule has 3 atom stereocenters. The fourth-order valence-corrected chi connectivity index (χ4v) is 5.35. The summed E-state index contributed by atoms with van der Waals surface area (Å²) in [6.45, 7) is 10.2. The molecule has 1 unspecified atom stereocenters. The Labute approximate surface area is 222 Å². The van der Waals surface area contributed by atoms with Crippen LogP contribution < -0.4 is 25.0 Å². The number of fused-ring (bicyclic) bond motifs is 1. The van der Waals surface area contributed by atoms with Crippen molar-refractivity contribution in [1.29, 1.82) is 0 Å². The Kier molecular flexibility index (Phi) is 10.5. The second-order valence-corrected chi connectivity index (χ2v) is 10.5. The van der Waals surface area contributed by atoms with Gasteiger partial charge in [0.1, 0.15) is 18.1 Å². The molecule has 7 heteroatoms. The third-order valence-electron chi connectivity index (χ3n) is 7.41. The van der Waals surface area contributed by atoms with E-state index in [9.17, 15) is 0 Å². The van der Waals surface area contributed by atoms with E-state index in [-0.39, 0.29) is 6.10 Å².